The van der Waals surface area contributed by atoms with E-state index in [9.17, 15) is 4.79 Å². The van der Waals surface area contributed by atoms with Crippen LogP contribution in [0.1, 0.15) is 26.3 Å². The average Bonchev–Trinajstić information content (AvgIpc) is 2.66. The van der Waals surface area contributed by atoms with Gasteiger partial charge in [0.25, 0.3) is 0 Å². The molecule has 4 nitrogen and oxygen atoms in total. The van der Waals surface area contributed by atoms with E-state index in [0.29, 0.717) is 0 Å². The smallest absolute Gasteiger partial charge is 0.233 e. The maximum absolute atomic E-state index is 13.1. The van der Waals surface area contributed by atoms with E-state index in [4.69, 9.17) is 4.74 Å². The molecule has 1 fully saturated rings. The first-order valence-corrected chi connectivity index (χ1v) is 7.85. The number of ether oxygens (including phenoxy) is 1. The van der Waals surface area contributed by atoms with Crippen molar-refractivity contribution in [3.63, 3.8) is 0 Å². The third-order valence-corrected chi connectivity index (χ3v) is 4.90. The number of nitrogens with zero attached hydrogens (tertiary/aromatic N) is 1. The summed E-state index contributed by atoms with van der Waals surface area (Å²) in [5.41, 5.74) is 2.24. The van der Waals surface area contributed by atoms with Crippen molar-refractivity contribution in [3.05, 3.63) is 29.8 Å². The van der Waals surface area contributed by atoms with E-state index in [1.54, 1.807) is 0 Å². The van der Waals surface area contributed by atoms with Crippen LogP contribution in [0.2, 0.25) is 0 Å². The van der Waals surface area contributed by atoms with Gasteiger partial charge in [-0.15, -0.1) is 0 Å². The summed E-state index contributed by atoms with van der Waals surface area (Å²) in [5.74, 6) is 0.414. The Balaban J connectivity index is 1.91. The number of para-hydroxylation sites is 1. The van der Waals surface area contributed by atoms with Gasteiger partial charge in [-0.2, -0.15) is 0 Å². The van der Waals surface area contributed by atoms with Crippen molar-refractivity contribution >= 4 is 11.6 Å². The molecule has 1 aromatic rings. The summed E-state index contributed by atoms with van der Waals surface area (Å²) in [7, 11) is 0. The zero-order valence-corrected chi connectivity index (χ0v) is 13.0. The maximum Gasteiger partial charge on any atom is 0.233 e. The summed E-state index contributed by atoms with van der Waals surface area (Å²) in [6.07, 6.45) is 0.139. The molecule has 1 amide bonds. The standard InChI is InChI=1S/C17H24N2O2/c1-11-12(2)21-13(3)16(11)17(20)19-9-8-18-10-14-6-4-5-7-15(14)19/h4-7,11-13,16,18H,8-10H2,1-3H3. The number of fused-ring (bicyclic) bond motifs is 1. The molecule has 0 saturated carbocycles. The van der Waals surface area contributed by atoms with Crippen LogP contribution in [-0.4, -0.2) is 31.2 Å². The lowest BCUT2D eigenvalue weighted by atomic mass is 9.88. The van der Waals surface area contributed by atoms with Crippen molar-refractivity contribution in [3.8, 4) is 0 Å². The Morgan fingerprint density at radius 1 is 1.24 bits per heavy atom. The fourth-order valence-electron chi connectivity index (χ4n) is 3.56. The molecule has 21 heavy (non-hydrogen) atoms. The average molecular weight is 288 g/mol. The SMILES string of the molecule is CC1OC(C)C(C(=O)N2CCNCc3ccccc32)C1C. The molecule has 4 atom stereocenters. The lowest BCUT2D eigenvalue weighted by molar-refractivity contribution is -0.124. The van der Waals surface area contributed by atoms with E-state index < -0.39 is 0 Å². The minimum absolute atomic E-state index is 0.00845. The Kier molecular flexibility index (Phi) is 4.00. The van der Waals surface area contributed by atoms with Crippen LogP contribution >= 0.6 is 0 Å². The number of benzene rings is 1. The first-order valence-electron chi connectivity index (χ1n) is 7.85. The van der Waals surface area contributed by atoms with Crippen LogP contribution in [0.4, 0.5) is 5.69 Å². The van der Waals surface area contributed by atoms with Gasteiger partial charge in [0.05, 0.1) is 18.1 Å². The van der Waals surface area contributed by atoms with Gasteiger partial charge in [0.15, 0.2) is 0 Å². The second kappa shape index (κ2) is 5.78. The molecule has 1 N–H and O–H groups in total. The number of anilines is 1. The molecule has 2 aliphatic heterocycles. The highest BCUT2D eigenvalue weighted by atomic mass is 16.5. The molecule has 1 aromatic carbocycles. The van der Waals surface area contributed by atoms with Gasteiger partial charge in [-0.1, -0.05) is 25.1 Å². The number of carbonyl (C=O) groups excluding carboxylic acids is 1. The molecule has 0 spiro atoms. The molecule has 114 valence electrons. The van der Waals surface area contributed by atoms with Crippen molar-refractivity contribution in [2.24, 2.45) is 11.8 Å². The largest absolute Gasteiger partial charge is 0.374 e. The third-order valence-electron chi connectivity index (χ3n) is 4.90. The quantitative estimate of drug-likeness (QED) is 0.861. The maximum atomic E-state index is 13.1. The molecule has 1 saturated heterocycles. The number of amides is 1. The van der Waals surface area contributed by atoms with Crippen molar-refractivity contribution in [2.75, 3.05) is 18.0 Å². The molecule has 4 unspecified atom stereocenters. The van der Waals surface area contributed by atoms with Crippen LogP contribution < -0.4 is 10.2 Å². The number of hydrogen-bond acceptors (Lipinski definition) is 3. The molecule has 2 aliphatic rings. The second-order valence-electron chi connectivity index (χ2n) is 6.23. The van der Waals surface area contributed by atoms with Crippen LogP contribution in [0.5, 0.6) is 0 Å². The number of hydrogen-bond donors (Lipinski definition) is 1. The van der Waals surface area contributed by atoms with Gasteiger partial charge in [0, 0.05) is 25.3 Å². The van der Waals surface area contributed by atoms with Crippen LogP contribution in [-0.2, 0) is 16.1 Å². The Bertz CT molecular complexity index is 531. The zero-order chi connectivity index (χ0) is 15.0. The molecule has 2 heterocycles. The molecule has 0 bridgehead atoms. The Hall–Kier alpha value is -1.39. The van der Waals surface area contributed by atoms with Gasteiger partial charge < -0.3 is 15.0 Å². The zero-order valence-electron chi connectivity index (χ0n) is 13.0. The van der Waals surface area contributed by atoms with E-state index in [1.807, 2.05) is 24.0 Å². The van der Waals surface area contributed by atoms with Crippen molar-refractivity contribution in [1.82, 2.24) is 5.32 Å². The van der Waals surface area contributed by atoms with Gasteiger partial charge in [-0.3, -0.25) is 4.79 Å². The summed E-state index contributed by atoms with van der Waals surface area (Å²) in [6.45, 7) is 8.57. The molecule has 0 aliphatic carbocycles. The van der Waals surface area contributed by atoms with Gasteiger partial charge in [0.2, 0.25) is 5.91 Å². The molecular formula is C17H24N2O2. The predicted molar refractivity (Wildman–Crippen MR) is 83.2 cm³/mol. The Morgan fingerprint density at radius 2 is 2.00 bits per heavy atom. The van der Waals surface area contributed by atoms with Crippen molar-refractivity contribution in [1.29, 1.82) is 0 Å². The fraction of sp³-hybridized carbons (Fsp3) is 0.588. The Morgan fingerprint density at radius 3 is 2.71 bits per heavy atom. The normalized spacial score (nSPS) is 32.6. The monoisotopic (exact) mass is 288 g/mol. The highest BCUT2D eigenvalue weighted by molar-refractivity contribution is 5.96. The van der Waals surface area contributed by atoms with Gasteiger partial charge in [-0.05, 0) is 31.4 Å². The Labute approximate surface area is 126 Å². The third kappa shape index (κ3) is 2.58. The first kappa shape index (κ1) is 14.5. The van der Waals surface area contributed by atoms with Crippen LogP contribution in [0.15, 0.2) is 24.3 Å². The highest BCUT2D eigenvalue weighted by Crippen LogP contribution is 2.35. The van der Waals surface area contributed by atoms with E-state index in [0.717, 1.165) is 25.3 Å². The van der Waals surface area contributed by atoms with Gasteiger partial charge in [-0.25, -0.2) is 0 Å². The van der Waals surface area contributed by atoms with E-state index in [2.05, 4.69) is 31.3 Å². The minimum Gasteiger partial charge on any atom is -0.374 e. The highest BCUT2D eigenvalue weighted by Gasteiger charge is 2.43. The fourth-order valence-corrected chi connectivity index (χ4v) is 3.56. The summed E-state index contributed by atoms with van der Waals surface area (Å²) in [4.78, 5) is 15.1. The lowest BCUT2D eigenvalue weighted by Crippen LogP contribution is -2.43. The topological polar surface area (TPSA) is 41.6 Å². The van der Waals surface area contributed by atoms with E-state index >= 15 is 0 Å². The van der Waals surface area contributed by atoms with Gasteiger partial charge in [0.1, 0.15) is 0 Å². The summed E-state index contributed by atoms with van der Waals surface area (Å²) < 4.78 is 5.85. The van der Waals surface area contributed by atoms with Crippen LogP contribution in [0, 0.1) is 11.8 Å². The summed E-state index contributed by atoms with van der Waals surface area (Å²) in [5, 5.41) is 3.38. The summed E-state index contributed by atoms with van der Waals surface area (Å²) in [6, 6.07) is 8.18. The van der Waals surface area contributed by atoms with Gasteiger partial charge >= 0.3 is 0 Å². The van der Waals surface area contributed by atoms with Crippen LogP contribution in [0.3, 0.4) is 0 Å². The molecular weight excluding hydrogens is 264 g/mol. The number of carbonyl (C=O) groups is 1. The first-order chi connectivity index (χ1) is 10.1. The number of nitrogens with one attached hydrogen (secondary N) is 1. The van der Waals surface area contributed by atoms with E-state index in [1.165, 1.54) is 5.56 Å². The van der Waals surface area contributed by atoms with Crippen molar-refractivity contribution < 1.29 is 9.53 Å². The minimum atomic E-state index is -0.0499. The molecule has 3 rings (SSSR count). The molecule has 0 radical (unpaired) electrons. The molecule has 4 heteroatoms. The lowest BCUT2D eigenvalue weighted by Gasteiger charge is -2.28. The van der Waals surface area contributed by atoms with Crippen LogP contribution in [0.25, 0.3) is 0 Å². The summed E-state index contributed by atoms with van der Waals surface area (Å²) >= 11 is 0. The van der Waals surface area contributed by atoms with Crippen molar-refractivity contribution in [2.45, 2.75) is 39.5 Å². The van der Waals surface area contributed by atoms with E-state index in [-0.39, 0.29) is 30.0 Å². The molecule has 0 aromatic heterocycles. The second-order valence-corrected chi connectivity index (χ2v) is 6.23. The number of rotatable bonds is 1. The predicted octanol–water partition coefficient (Wildman–Crippen LogP) is 2.18.